The van der Waals surface area contributed by atoms with Gasteiger partial charge in [0.05, 0.1) is 29.7 Å². The molecule has 280 valence electrons. The molecule has 2 aliphatic rings. The predicted molar refractivity (Wildman–Crippen MR) is 177 cm³/mol. The number of sulfonamides is 1. The smallest absolute Gasteiger partial charge is 0.418 e. The van der Waals surface area contributed by atoms with Crippen molar-refractivity contribution in [2.75, 3.05) is 43.3 Å². The van der Waals surface area contributed by atoms with Crippen molar-refractivity contribution < 1.29 is 59.8 Å². The molecule has 0 bridgehead atoms. The molecule has 0 spiro atoms. The third-order valence-electron chi connectivity index (χ3n) is 8.39. The van der Waals surface area contributed by atoms with E-state index in [-0.39, 0.29) is 70.2 Å². The number of likely N-dealkylation sites (tertiary alicyclic amines) is 1. The number of anilines is 1. The second-order valence-corrected chi connectivity index (χ2v) is 14.9. The molecule has 0 radical (unpaired) electrons. The number of halogens is 7. The summed E-state index contributed by atoms with van der Waals surface area (Å²) in [5.74, 6) is -1.13. The number of benzene rings is 2. The van der Waals surface area contributed by atoms with Gasteiger partial charge in [-0.2, -0.15) is 22.0 Å². The number of carbonyl (C=O) groups excluding carboxylic acids is 1. The van der Waals surface area contributed by atoms with E-state index < -0.39 is 46.1 Å². The van der Waals surface area contributed by atoms with Gasteiger partial charge in [0.1, 0.15) is 16.1 Å². The van der Waals surface area contributed by atoms with E-state index in [9.17, 15) is 35.2 Å². The van der Waals surface area contributed by atoms with Crippen LogP contribution in [-0.2, 0) is 27.4 Å². The zero-order chi connectivity index (χ0) is 36.2. The van der Waals surface area contributed by atoms with Crippen LogP contribution in [0.1, 0.15) is 58.8 Å². The number of nitrogens with zero attached hydrogens (tertiary/aromatic N) is 2. The zero-order valence-corrected chi connectivity index (χ0v) is 29.6. The number of rotatable bonds is 15. The highest BCUT2D eigenvalue weighted by molar-refractivity contribution is 7.92. The van der Waals surface area contributed by atoms with Crippen molar-refractivity contribution in [3.05, 3.63) is 81.1 Å². The van der Waals surface area contributed by atoms with E-state index >= 15 is 0 Å². The molecule has 1 atom stereocenters. The van der Waals surface area contributed by atoms with Crippen LogP contribution in [0.5, 0.6) is 11.5 Å². The monoisotopic (exact) mass is 783 g/mol. The highest BCUT2D eigenvalue weighted by atomic mass is 35.5. The maximum Gasteiger partial charge on any atom is 0.418 e. The first kappa shape index (κ1) is 40.3. The van der Waals surface area contributed by atoms with Crippen LogP contribution in [0.3, 0.4) is 0 Å². The van der Waals surface area contributed by atoms with Crippen LogP contribution in [0.2, 0.25) is 10.0 Å². The highest BCUT2D eigenvalue weighted by Crippen LogP contribution is 2.40. The lowest BCUT2D eigenvalue weighted by Crippen LogP contribution is -2.38. The lowest BCUT2D eigenvalue weighted by Gasteiger charge is -2.28. The molecular formula is C33H36Cl2F5N3O7S. The van der Waals surface area contributed by atoms with Crippen molar-refractivity contribution in [2.45, 2.75) is 51.0 Å². The van der Waals surface area contributed by atoms with Crippen LogP contribution >= 0.6 is 23.2 Å². The molecule has 1 aliphatic carbocycles. The van der Waals surface area contributed by atoms with Gasteiger partial charge in [0.25, 0.3) is 0 Å². The lowest BCUT2D eigenvalue weighted by molar-refractivity contribution is -0.377. The van der Waals surface area contributed by atoms with Crippen molar-refractivity contribution in [1.82, 2.24) is 4.90 Å². The topological polar surface area (TPSA) is 130 Å². The molecule has 3 aromatic rings. The third-order valence-corrected chi connectivity index (χ3v) is 10.2. The molecule has 1 aromatic heterocycles. The maximum atomic E-state index is 14.2. The number of pyridine rings is 1. The van der Waals surface area contributed by atoms with Crippen molar-refractivity contribution in [2.24, 2.45) is 5.92 Å². The summed E-state index contributed by atoms with van der Waals surface area (Å²) in [6.45, 7) is -1.62. The number of esters is 1. The minimum absolute atomic E-state index is 0. The Kier molecular flexibility index (Phi) is 13.4. The van der Waals surface area contributed by atoms with Crippen LogP contribution in [0.4, 0.5) is 27.6 Å². The fraction of sp³-hybridized carbons (Fsp3) is 0.455. The number of aromatic nitrogens is 1. The van der Waals surface area contributed by atoms with E-state index in [1.807, 2.05) is 4.90 Å². The Morgan fingerprint density at radius 2 is 1.71 bits per heavy atom. The standard InChI is InChI=1S/C33H34Cl2F5N3O6S.H2O/c1-50(45,46)43(13-12-42-10-2-3-11-42)27-14-22(6-8-24(27)33(38,39)40)31(44)48-29(16-23-25(34)17-41-18-26(23)35)21-7-9-28(49-32(36)37)30(15-21)47-19-20-4-5-20;/h6-9,14-15,17-18,20,29,32H,2-5,10-13,16,19H2,1H3;1H2/t29-;/m0./s1. The van der Waals surface area contributed by atoms with Crippen molar-refractivity contribution in [3.63, 3.8) is 0 Å². The average molecular weight is 785 g/mol. The van der Waals surface area contributed by atoms with Gasteiger partial charge in [-0.05, 0) is 80.6 Å². The van der Waals surface area contributed by atoms with Crippen molar-refractivity contribution in [1.29, 1.82) is 0 Å². The Bertz CT molecular complexity index is 1770. The van der Waals surface area contributed by atoms with Gasteiger partial charge < -0.3 is 24.6 Å². The lowest BCUT2D eigenvalue weighted by atomic mass is 10.0. The first-order valence-corrected chi connectivity index (χ1v) is 18.4. The summed E-state index contributed by atoms with van der Waals surface area (Å²) in [5.41, 5.74) is -1.74. The fourth-order valence-corrected chi connectivity index (χ4v) is 7.07. The number of H-pyrrole nitrogens is 1. The maximum absolute atomic E-state index is 14.2. The average Bonchev–Trinajstić information content (AvgIpc) is 3.72. The minimum atomic E-state index is -4.95. The summed E-state index contributed by atoms with van der Waals surface area (Å²) in [6, 6.07) is 6.35. The zero-order valence-electron chi connectivity index (χ0n) is 27.3. The second kappa shape index (κ2) is 16.9. The molecule has 18 heteroatoms. The van der Waals surface area contributed by atoms with Gasteiger partial charge in [0.2, 0.25) is 10.0 Å². The Hall–Kier alpha value is -3.44. The van der Waals surface area contributed by atoms with Crippen LogP contribution in [0.15, 0.2) is 48.8 Å². The summed E-state index contributed by atoms with van der Waals surface area (Å²) in [6.07, 6.45) is 0.968. The van der Waals surface area contributed by atoms with Crippen LogP contribution in [-0.4, -0.2) is 70.4 Å². The van der Waals surface area contributed by atoms with Gasteiger partial charge >= 0.3 is 18.8 Å². The summed E-state index contributed by atoms with van der Waals surface area (Å²) in [7, 11) is -4.23. The molecule has 2 N–H and O–H groups in total. The summed E-state index contributed by atoms with van der Waals surface area (Å²) < 4.78 is 112. The fourth-order valence-electron chi connectivity index (χ4n) is 5.61. The number of carbonyl (C=O) groups is 1. The van der Waals surface area contributed by atoms with Gasteiger partial charge in [-0.3, -0.25) is 4.31 Å². The number of hydrogen-bond donors (Lipinski definition) is 0. The van der Waals surface area contributed by atoms with E-state index in [1.54, 1.807) is 0 Å². The van der Waals surface area contributed by atoms with Gasteiger partial charge in [-0.15, -0.1) is 0 Å². The van der Waals surface area contributed by atoms with E-state index in [2.05, 4.69) is 9.72 Å². The molecule has 10 nitrogen and oxygen atoms in total. The second-order valence-electron chi connectivity index (χ2n) is 12.2. The molecule has 2 heterocycles. The molecule has 0 amide bonds. The van der Waals surface area contributed by atoms with Gasteiger partial charge in [0.15, 0.2) is 23.9 Å². The number of alkyl halides is 5. The summed E-state index contributed by atoms with van der Waals surface area (Å²) in [5, 5.41) is 0.361. The Balaban J connectivity index is 0.00000583. The van der Waals surface area contributed by atoms with E-state index in [1.165, 1.54) is 30.6 Å². The third kappa shape index (κ3) is 10.8. The molecule has 1 saturated carbocycles. The molecule has 5 rings (SSSR count). The van der Waals surface area contributed by atoms with Crippen LogP contribution in [0.25, 0.3) is 0 Å². The Morgan fingerprint density at radius 1 is 1.04 bits per heavy atom. The van der Waals surface area contributed by atoms with E-state index in [4.69, 9.17) is 32.7 Å². The number of hydrogen-bond acceptors (Lipinski definition) is 8. The molecule has 2 fully saturated rings. The predicted octanol–water partition coefficient (Wildman–Crippen LogP) is 7.04. The van der Waals surface area contributed by atoms with Crippen molar-refractivity contribution >= 4 is 44.9 Å². The molecule has 0 unspecified atom stereocenters. The Labute approximate surface area is 301 Å². The Morgan fingerprint density at radius 3 is 2.29 bits per heavy atom. The molecule has 1 aliphatic heterocycles. The summed E-state index contributed by atoms with van der Waals surface area (Å²) in [4.78, 5) is 18.5. The van der Waals surface area contributed by atoms with E-state index in [0.717, 1.165) is 44.1 Å². The van der Waals surface area contributed by atoms with E-state index in [0.29, 0.717) is 29.0 Å². The molecule has 1 saturated heterocycles. The molecule has 2 aromatic carbocycles. The largest absolute Gasteiger partial charge is 0.870 e. The van der Waals surface area contributed by atoms with Crippen LogP contribution in [0, 0.1) is 5.92 Å². The summed E-state index contributed by atoms with van der Waals surface area (Å²) >= 11 is 12.8. The number of aromatic amines is 1. The SMILES string of the molecule is CS(=O)(=O)N(CCN1CCCC1)c1cc(C(=O)O[C@@H](Cc2c(Cl)c[nH+]cc2Cl)c2ccc(OC(F)F)c(OCC3CC3)c2)ccc1C(F)(F)F.[OH-]. The molecular weight excluding hydrogens is 748 g/mol. The normalized spacial score (nSPS) is 15.7. The van der Waals surface area contributed by atoms with Crippen LogP contribution < -0.4 is 18.8 Å². The van der Waals surface area contributed by atoms with Crippen molar-refractivity contribution in [3.8, 4) is 11.5 Å². The number of nitrogens with one attached hydrogen (secondary N) is 1. The number of ether oxygens (including phenoxy) is 3. The van der Waals surface area contributed by atoms with Gasteiger partial charge in [-0.1, -0.05) is 29.3 Å². The van der Waals surface area contributed by atoms with Gasteiger partial charge in [0, 0.05) is 25.1 Å². The quantitative estimate of drug-likeness (QED) is 0.119. The first-order chi connectivity index (χ1) is 23.6. The highest BCUT2D eigenvalue weighted by Gasteiger charge is 2.38. The molecule has 51 heavy (non-hydrogen) atoms. The van der Waals surface area contributed by atoms with Gasteiger partial charge in [-0.25, -0.2) is 18.2 Å². The minimum Gasteiger partial charge on any atom is -0.870 e. The first-order valence-electron chi connectivity index (χ1n) is 15.8.